The van der Waals surface area contributed by atoms with Crippen LogP contribution in [0.15, 0.2) is 0 Å². The Bertz CT molecular complexity index is 178. The Morgan fingerprint density at radius 3 is 2.71 bits per heavy atom. The van der Waals surface area contributed by atoms with Gasteiger partial charge in [-0.25, -0.2) is 0 Å². The third kappa shape index (κ3) is 3.64. The SMILES string of the molecule is CCOC(=O)[C@@H](N)COC1CCCC1. The normalized spacial score (nSPS) is 19.6. The molecule has 0 aromatic carbocycles. The van der Waals surface area contributed by atoms with Crippen molar-refractivity contribution in [2.45, 2.75) is 44.8 Å². The minimum Gasteiger partial charge on any atom is -0.465 e. The van der Waals surface area contributed by atoms with E-state index in [4.69, 9.17) is 15.2 Å². The highest BCUT2D eigenvalue weighted by atomic mass is 16.5. The molecule has 0 heterocycles. The smallest absolute Gasteiger partial charge is 0.325 e. The molecule has 0 spiro atoms. The molecule has 0 saturated heterocycles. The van der Waals surface area contributed by atoms with Crippen LogP contribution >= 0.6 is 0 Å². The van der Waals surface area contributed by atoms with Gasteiger partial charge in [0.2, 0.25) is 0 Å². The Hall–Kier alpha value is -0.610. The predicted molar refractivity (Wildman–Crippen MR) is 52.8 cm³/mol. The van der Waals surface area contributed by atoms with Crippen molar-refractivity contribution in [3.8, 4) is 0 Å². The quantitative estimate of drug-likeness (QED) is 0.669. The first-order valence-electron chi connectivity index (χ1n) is 5.28. The summed E-state index contributed by atoms with van der Waals surface area (Å²) in [5.41, 5.74) is 5.58. The summed E-state index contributed by atoms with van der Waals surface area (Å²) in [5.74, 6) is -0.370. The Balaban J connectivity index is 2.13. The maximum Gasteiger partial charge on any atom is 0.325 e. The lowest BCUT2D eigenvalue weighted by Gasteiger charge is -2.14. The Morgan fingerprint density at radius 2 is 2.14 bits per heavy atom. The highest BCUT2D eigenvalue weighted by Gasteiger charge is 2.20. The Morgan fingerprint density at radius 1 is 1.50 bits per heavy atom. The molecule has 0 aromatic heterocycles. The molecule has 82 valence electrons. The molecular weight excluding hydrogens is 182 g/mol. The summed E-state index contributed by atoms with van der Waals surface area (Å²) >= 11 is 0. The van der Waals surface area contributed by atoms with Crippen LogP contribution in [0, 0.1) is 0 Å². The number of ether oxygens (including phenoxy) is 2. The minimum absolute atomic E-state index is 0.281. The number of carbonyl (C=O) groups is 1. The molecular formula is C10H19NO3. The topological polar surface area (TPSA) is 61.5 Å². The molecule has 0 amide bonds. The zero-order valence-electron chi connectivity index (χ0n) is 8.70. The van der Waals surface area contributed by atoms with Gasteiger partial charge in [0.05, 0.1) is 19.3 Å². The van der Waals surface area contributed by atoms with Crippen molar-refractivity contribution in [3.63, 3.8) is 0 Å². The molecule has 1 fully saturated rings. The highest BCUT2D eigenvalue weighted by molar-refractivity contribution is 5.75. The first-order chi connectivity index (χ1) is 6.74. The summed E-state index contributed by atoms with van der Waals surface area (Å²) < 4.78 is 10.3. The molecule has 0 radical (unpaired) electrons. The van der Waals surface area contributed by atoms with Crippen LogP contribution in [0.3, 0.4) is 0 Å². The largest absolute Gasteiger partial charge is 0.465 e. The molecule has 0 unspecified atom stereocenters. The predicted octanol–water partition coefficient (Wildman–Crippen LogP) is 0.836. The zero-order valence-corrected chi connectivity index (χ0v) is 8.70. The molecule has 0 bridgehead atoms. The van der Waals surface area contributed by atoms with E-state index < -0.39 is 6.04 Å². The number of carbonyl (C=O) groups excluding carboxylic acids is 1. The minimum atomic E-state index is -0.629. The van der Waals surface area contributed by atoms with Gasteiger partial charge in [-0.2, -0.15) is 0 Å². The van der Waals surface area contributed by atoms with Crippen molar-refractivity contribution >= 4 is 5.97 Å². The fourth-order valence-corrected chi connectivity index (χ4v) is 1.61. The number of esters is 1. The van der Waals surface area contributed by atoms with Gasteiger partial charge in [-0.1, -0.05) is 12.8 Å². The van der Waals surface area contributed by atoms with Crippen molar-refractivity contribution in [2.24, 2.45) is 5.73 Å². The van der Waals surface area contributed by atoms with E-state index in [1.807, 2.05) is 0 Å². The molecule has 0 aliphatic heterocycles. The maximum absolute atomic E-state index is 11.1. The van der Waals surface area contributed by atoms with E-state index in [2.05, 4.69) is 0 Å². The zero-order chi connectivity index (χ0) is 10.4. The molecule has 0 aromatic rings. The summed E-state index contributed by atoms with van der Waals surface area (Å²) in [5, 5.41) is 0. The van der Waals surface area contributed by atoms with Gasteiger partial charge in [0.15, 0.2) is 0 Å². The molecule has 14 heavy (non-hydrogen) atoms. The van der Waals surface area contributed by atoms with E-state index in [1.165, 1.54) is 12.8 Å². The number of hydrogen-bond acceptors (Lipinski definition) is 4. The third-order valence-electron chi connectivity index (χ3n) is 2.40. The van der Waals surface area contributed by atoms with Crippen molar-refractivity contribution in [1.82, 2.24) is 0 Å². The summed E-state index contributed by atoms with van der Waals surface area (Å²) in [7, 11) is 0. The van der Waals surface area contributed by atoms with Crippen LogP contribution in [0.5, 0.6) is 0 Å². The van der Waals surface area contributed by atoms with Crippen LogP contribution in [0.1, 0.15) is 32.6 Å². The second kappa shape index (κ2) is 5.98. The average molecular weight is 201 g/mol. The fourth-order valence-electron chi connectivity index (χ4n) is 1.61. The van der Waals surface area contributed by atoms with Crippen LogP contribution in [-0.2, 0) is 14.3 Å². The van der Waals surface area contributed by atoms with Gasteiger partial charge < -0.3 is 15.2 Å². The van der Waals surface area contributed by atoms with Gasteiger partial charge in [-0.05, 0) is 19.8 Å². The van der Waals surface area contributed by atoms with Crippen LogP contribution in [-0.4, -0.2) is 31.3 Å². The van der Waals surface area contributed by atoms with Gasteiger partial charge >= 0.3 is 5.97 Å². The second-order valence-corrected chi connectivity index (χ2v) is 3.60. The fraction of sp³-hybridized carbons (Fsp3) is 0.900. The molecule has 4 heteroatoms. The highest BCUT2D eigenvalue weighted by Crippen LogP contribution is 2.20. The first-order valence-corrected chi connectivity index (χ1v) is 5.28. The summed E-state index contributed by atoms with van der Waals surface area (Å²) in [6, 6.07) is -0.629. The lowest BCUT2D eigenvalue weighted by molar-refractivity contribution is -0.146. The van der Waals surface area contributed by atoms with E-state index >= 15 is 0 Å². The first kappa shape index (κ1) is 11.5. The van der Waals surface area contributed by atoms with Crippen LogP contribution in [0.2, 0.25) is 0 Å². The second-order valence-electron chi connectivity index (χ2n) is 3.60. The van der Waals surface area contributed by atoms with Crippen molar-refractivity contribution in [2.75, 3.05) is 13.2 Å². The average Bonchev–Trinajstić information content (AvgIpc) is 2.67. The van der Waals surface area contributed by atoms with E-state index in [1.54, 1.807) is 6.92 Å². The van der Waals surface area contributed by atoms with E-state index in [0.29, 0.717) is 12.7 Å². The summed E-state index contributed by atoms with van der Waals surface area (Å²) in [6.45, 7) is 2.42. The van der Waals surface area contributed by atoms with E-state index in [-0.39, 0.29) is 12.6 Å². The monoisotopic (exact) mass is 201 g/mol. The summed E-state index contributed by atoms with van der Waals surface area (Å²) in [6.07, 6.45) is 4.93. The lowest BCUT2D eigenvalue weighted by Crippen LogP contribution is -2.37. The van der Waals surface area contributed by atoms with Crippen LogP contribution in [0.4, 0.5) is 0 Å². The Labute approximate surface area is 84.7 Å². The third-order valence-corrected chi connectivity index (χ3v) is 2.40. The standard InChI is InChI=1S/C10H19NO3/c1-2-13-10(12)9(11)7-14-8-5-3-4-6-8/h8-9H,2-7,11H2,1H3/t9-/m0/s1. The molecule has 4 nitrogen and oxygen atoms in total. The molecule has 1 rings (SSSR count). The molecule has 1 aliphatic carbocycles. The van der Waals surface area contributed by atoms with E-state index in [0.717, 1.165) is 12.8 Å². The lowest BCUT2D eigenvalue weighted by atomic mass is 10.3. The van der Waals surface area contributed by atoms with Gasteiger partial charge in [0.25, 0.3) is 0 Å². The van der Waals surface area contributed by atoms with Gasteiger partial charge in [0.1, 0.15) is 6.04 Å². The molecule has 1 aliphatic rings. The summed E-state index contributed by atoms with van der Waals surface area (Å²) in [4.78, 5) is 11.1. The number of rotatable bonds is 5. The molecule has 1 atom stereocenters. The Kier molecular flexibility index (Phi) is 4.90. The number of hydrogen-bond donors (Lipinski definition) is 1. The molecule has 2 N–H and O–H groups in total. The van der Waals surface area contributed by atoms with Crippen molar-refractivity contribution in [3.05, 3.63) is 0 Å². The van der Waals surface area contributed by atoms with Gasteiger partial charge in [0, 0.05) is 0 Å². The number of nitrogens with two attached hydrogens (primary N) is 1. The van der Waals surface area contributed by atoms with Gasteiger partial charge in [-0.3, -0.25) is 4.79 Å². The van der Waals surface area contributed by atoms with Crippen molar-refractivity contribution < 1.29 is 14.3 Å². The molecule has 1 saturated carbocycles. The van der Waals surface area contributed by atoms with Crippen molar-refractivity contribution in [1.29, 1.82) is 0 Å². The maximum atomic E-state index is 11.1. The van der Waals surface area contributed by atoms with Crippen LogP contribution in [0.25, 0.3) is 0 Å². The van der Waals surface area contributed by atoms with Crippen LogP contribution < -0.4 is 5.73 Å². The van der Waals surface area contributed by atoms with E-state index in [9.17, 15) is 4.79 Å². The van der Waals surface area contributed by atoms with Gasteiger partial charge in [-0.15, -0.1) is 0 Å².